The van der Waals surface area contributed by atoms with Crippen LogP contribution in [0, 0.1) is 5.92 Å². The van der Waals surface area contributed by atoms with E-state index in [-0.39, 0.29) is 11.8 Å². The molecule has 0 radical (unpaired) electrons. The molecule has 1 heterocycles. The lowest BCUT2D eigenvalue weighted by atomic mass is 9.91. The molecule has 6 heteroatoms. The van der Waals surface area contributed by atoms with Gasteiger partial charge in [0.25, 0.3) is 0 Å². The number of nitrogens with two attached hydrogens (primary N) is 1. The molecule has 2 rings (SSSR count). The van der Waals surface area contributed by atoms with E-state index in [0.717, 1.165) is 25.9 Å². The lowest BCUT2D eigenvalue weighted by molar-refractivity contribution is -0.0508. The molecule has 1 aliphatic rings. The first-order valence-electron chi connectivity index (χ1n) is 7.17. The Bertz CT molecular complexity index is 463. The van der Waals surface area contributed by atoms with Crippen LogP contribution in [0.25, 0.3) is 0 Å². The number of alkyl halides is 2. The molecule has 1 atom stereocenters. The van der Waals surface area contributed by atoms with Crippen molar-refractivity contribution in [2.45, 2.75) is 39.0 Å². The van der Waals surface area contributed by atoms with E-state index in [9.17, 15) is 8.78 Å². The Hall–Kier alpha value is -0.910. The lowest BCUT2D eigenvalue weighted by Crippen LogP contribution is -2.39. The zero-order chi connectivity index (χ0) is 15.4. The van der Waals surface area contributed by atoms with Crippen molar-refractivity contribution in [3.8, 4) is 5.75 Å². The van der Waals surface area contributed by atoms with Gasteiger partial charge in [-0.2, -0.15) is 8.78 Å². The van der Waals surface area contributed by atoms with Crippen LogP contribution in [0.3, 0.4) is 0 Å². The summed E-state index contributed by atoms with van der Waals surface area (Å²) in [4.78, 5) is 2.23. The van der Waals surface area contributed by atoms with Gasteiger partial charge < -0.3 is 10.5 Å². The third-order valence-corrected chi connectivity index (χ3v) is 4.24. The Balaban J connectivity index is 2.01. The van der Waals surface area contributed by atoms with Crippen LogP contribution in [0.2, 0.25) is 5.02 Å². The zero-order valence-corrected chi connectivity index (χ0v) is 12.8. The van der Waals surface area contributed by atoms with Gasteiger partial charge in [-0.3, -0.25) is 4.90 Å². The van der Waals surface area contributed by atoms with E-state index in [0.29, 0.717) is 23.0 Å². The Morgan fingerprint density at radius 2 is 2.05 bits per heavy atom. The van der Waals surface area contributed by atoms with Gasteiger partial charge in [0.15, 0.2) is 0 Å². The van der Waals surface area contributed by atoms with Gasteiger partial charge in [0.2, 0.25) is 0 Å². The number of hydrogen-bond donors (Lipinski definition) is 1. The summed E-state index contributed by atoms with van der Waals surface area (Å²) in [5.74, 6) is 0.737. The summed E-state index contributed by atoms with van der Waals surface area (Å²) in [6.07, 6.45) is 2.06. The molecule has 3 nitrogen and oxygen atoms in total. The smallest absolute Gasteiger partial charge is 0.387 e. The monoisotopic (exact) mass is 318 g/mol. The van der Waals surface area contributed by atoms with Gasteiger partial charge in [-0.25, -0.2) is 0 Å². The summed E-state index contributed by atoms with van der Waals surface area (Å²) in [7, 11) is 0. The van der Waals surface area contributed by atoms with Gasteiger partial charge in [-0.15, -0.1) is 0 Å². The maximum atomic E-state index is 12.4. The van der Waals surface area contributed by atoms with Crippen LogP contribution < -0.4 is 10.5 Å². The molecule has 21 heavy (non-hydrogen) atoms. The Morgan fingerprint density at radius 1 is 1.38 bits per heavy atom. The standard InChI is InChI=1S/C15H21ClF2N2O/c1-10(19)11-4-6-20(7-5-11)9-12-8-13(16)2-3-14(12)21-15(17)18/h2-3,8,10-11,15H,4-7,9,19H2,1H3. The van der Waals surface area contributed by atoms with Crippen molar-refractivity contribution >= 4 is 11.6 Å². The average molecular weight is 319 g/mol. The average Bonchev–Trinajstić information content (AvgIpc) is 2.42. The number of halogens is 3. The van der Waals surface area contributed by atoms with E-state index in [1.807, 2.05) is 6.92 Å². The fourth-order valence-electron chi connectivity index (χ4n) is 2.76. The van der Waals surface area contributed by atoms with Crippen LogP contribution in [0.1, 0.15) is 25.3 Å². The summed E-state index contributed by atoms with van der Waals surface area (Å²) in [5, 5.41) is 0.525. The molecular formula is C15H21ClF2N2O. The fourth-order valence-corrected chi connectivity index (χ4v) is 2.95. The summed E-state index contributed by atoms with van der Waals surface area (Å²) >= 11 is 5.96. The summed E-state index contributed by atoms with van der Waals surface area (Å²) < 4.78 is 29.4. The van der Waals surface area contributed by atoms with E-state index < -0.39 is 6.61 Å². The predicted octanol–water partition coefficient (Wildman–Crippen LogP) is 3.50. The third-order valence-electron chi connectivity index (χ3n) is 4.01. The van der Waals surface area contributed by atoms with Gasteiger partial charge in [0.1, 0.15) is 5.75 Å². The summed E-state index contributed by atoms with van der Waals surface area (Å²) in [5.41, 5.74) is 6.62. The molecule has 1 aromatic rings. The quantitative estimate of drug-likeness (QED) is 0.903. The summed E-state index contributed by atoms with van der Waals surface area (Å²) in [6.45, 7) is 1.59. The molecule has 0 aromatic heterocycles. The van der Waals surface area contributed by atoms with Gasteiger partial charge in [0.05, 0.1) is 0 Å². The third kappa shape index (κ3) is 4.80. The molecule has 0 aliphatic carbocycles. The largest absolute Gasteiger partial charge is 0.434 e. The van der Waals surface area contributed by atoms with Crippen molar-refractivity contribution < 1.29 is 13.5 Å². The molecule has 1 aliphatic heterocycles. The van der Waals surface area contributed by atoms with Gasteiger partial charge >= 0.3 is 6.61 Å². The number of hydrogen-bond acceptors (Lipinski definition) is 3. The van der Waals surface area contributed by atoms with E-state index in [1.54, 1.807) is 12.1 Å². The van der Waals surface area contributed by atoms with E-state index in [2.05, 4.69) is 9.64 Å². The minimum Gasteiger partial charge on any atom is -0.434 e. The normalized spacial score (nSPS) is 19.0. The van der Waals surface area contributed by atoms with Gasteiger partial charge in [-0.1, -0.05) is 11.6 Å². The van der Waals surface area contributed by atoms with E-state index in [1.165, 1.54) is 6.07 Å². The van der Waals surface area contributed by atoms with E-state index in [4.69, 9.17) is 17.3 Å². The van der Waals surface area contributed by atoms with Crippen molar-refractivity contribution in [1.82, 2.24) is 4.90 Å². The highest BCUT2D eigenvalue weighted by Crippen LogP contribution is 2.28. The molecule has 1 saturated heterocycles. The second-order valence-corrected chi connectivity index (χ2v) is 6.04. The van der Waals surface area contributed by atoms with Crippen LogP contribution >= 0.6 is 11.6 Å². The topological polar surface area (TPSA) is 38.5 Å². The van der Waals surface area contributed by atoms with Crippen molar-refractivity contribution in [3.05, 3.63) is 28.8 Å². The summed E-state index contributed by atoms with van der Waals surface area (Å²) in [6, 6.07) is 4.96. The first kappa shape index (κ1) is 16.5. The Kier molecular flexibility index (Phi) is 5.79. The van der Waals surface area contributed by atoms with Crippen molar-refractivity contribution in [2.24, 2.45) is 11.7 Å². The van der Waals surface area contributed by atoms with Gasteiger partial charge in [0, 0.05) is 23.2 Å². The minimum absolute atomic E-state index is 0.198. The predicted molar refractivity (Wildman–Crippen MR) is 79.7 cm³/mol. The number of likely N-dealkylation sites (tertiary alicyclic amines) is 1. The van der Waals surface area contributed by atoms with Crippen molar-refractivity contribution in [3.63, 3.8) is 0 Å². The molecule has 0 bridgehead atoms. The van der Waals surface area contributed by atoms with Gasteiger partial charge in [-0.05, 0) is 57.0 Å². The molecule has 1 unspecified atom stereocenters. The molecule has 0 saturated carbocycles. The van der Waals surface area contributed by atoms with Crippen molar-refractivity contribution in [1.29, 1.82) is 0 Å². The first-order valence-corrected chi connectivity index (χ1v) is 7.54. The van der Waals surface area contributed by atoms with Crippen molar-refractivity contribution in [2.75, 3.05) is 13.1 Å². The number of piperidine rings is 1. The van der Waals surface area contributed by atoms with Crippen LogP contribution in [-0.4, -0.2) is 30.6 Å². The fraction of sp³-hybridized carbons (Fsp3) is 0.600. The second-order valence-electron chi connectivity index (χ2n) is 5.60. The lowest BCUT2D eigenvalue weighted by Gasteiger charge is -2.34. The molecule has 0 spiro atoms. The first-order chi connectivity index (χ1) is 9.95. The molecule has 2 N–H and O–H groups in total. The maximum Gasteiger partial charge on any atom is 0.387 e. The Morgan fingerprint density at radius 3 is 2.62 bits per heavy atom. The van der Waals surface area contributed by atoms with Crippen LogP contribution in [0.5, 0.6) is 5.75 Å². The number of nitrogens with zero attached hydrogens (tertiary/aromatic N) is 1. The SMILES string of the molecule is CC(N)C1CCN(Cc2cc(Cl)ccc2OC(F)F)CC1. The Labute approximate surface area is 129 Å². The molecule has 0 amide bonds. The highest BCUT2D eigenvalue weighted by molar-refractivity contribution is 6.30. The van der Waals surface area contributed by atoms with E-state index >= 15 is 0 Å². The second kappa shape index (κ2) is 7.38. The molecule has 1 aromatic carbocycles. The molecule has 118 valence electrons. The molecular weight excluding hydrogens is 298 g/mol. The maximum absolute atomic E-state index is 12.4. The number of benzene rings is 1. The number of ether oxygens (including phenoxy) is 1. The van der Waals surface area contributed by atoms with Crippen LogP contribution in [-0.2, 0) is 6.54 Å². The highest BCUT2D eigenvalue weighted by atomic mass is 35.5. The molecule has 1 fully saturated rings. The minimum atomic E-state index is -2.83. The van der Waals surface area contributed by atoms with Crippen LogP contribution in [0.15, 0.2) is 18.2 Å². The number of rotatable bonds is 5. The van der Waals surface area contributed by atoms with Crippen LogP contribution in [0.4, 0.5) is 8.78 Å². The zero-order valence-electron chi connectivity index (χ0n) is 12.1. The highest BCUT2D eigenvalue weighted by Gasteiger charge is 2.23.